The third-order valence-corrected chi connectivity index (χ3v) is 5.39. The average molecular weight is 379 g/mol. The molecule has 0 aliphatic carbocycles. The van der Waals surface area contributed by atoms with Crippen molar-refractivity contribution >= 4 is 5.96 Å². The van der Waals surface area contributed by atoms with Crippen LogP contribution in [0.1, 0.15) is 50.2 Å². The fourth-order valence-electron chi connectivity index (χ4n) is 3.85. The van der Waals surface area contributed by atoms with Gasteiger partial charge < -0.3 is 24.3 Å². The summed E-state index contributed by atoms with van der Waals surface area (Å²) < 4.78 is 13.3. The van der Waals surface area contributed by atoms with Crippen molar-refractivity contribution in [3.05, 3.63) is 11.6 Å². The van der Waals surface area contributed by atoms with Crippen LogP contribution in [-0.2, 0) is 29.0 Å². The summed E-state index contributed by atoms with van der Waals surface area (Å²) >= 11 is 0. The van der Waals surface area contributed by atoms with E-state index in [9.17, 15) is 0 Å². The molecule has 1 fully saturated rings. The monoisotopic (exact) mass is 378 g/mol. The third-order valence-electron chi connectivity index (χ3n) is 5.39. The van der Waals surface area contributed by atoms with Gasteiger partial charge in [-0.25, -0.2) is 0 Å². The molecule has 1 aromatic heterocycles. The first-order valence-electron chi connectivity index (χ1n) is 10.3. The number of methoxy groups -OCH3 is 1. The molecule has 0 radical (unpaired) electrons. The molecule has 8 nitrogen and oxygen atoms in total. The van der Waals surface area contributed by atoms with E-state index in [0.29, 0.717) is 12.6 Å². The molecule has 27 heavy (non-hydrogen) atoms. The highest BCUT2D eigenvalue weighted by atomic mass is 16.5. The molecule has 3 rings (SSSR count). The smallest absolute Gasteiger partial charge is 0.194 e. The molecule has 8 heteroatoms. The fraction of sp³-hybridized carbons (Fsp3) is 0.842. The molecule has 0 saturated carbocycles. The Bertz CT molecular complexity index is 595. The van der Waals surface area contributed by atoms with Crippen molar-refractivity contribution in [1.29, 1.82) is 0 Å². The number of piperidine rings is 1. The largest absolute Gasteiger partial charge is 0.385 e. The van der Waals surface area contributed by atoms with E-state index in [2.05, 4.69) is 30.0 Å². The van der Waals surface area contributed by atoms with Gasteiger partial charge in [0.15, 0.2) is 11.8 Å². The van der Waals surface area contributed by atoms with E-state index >= 15 is 0 Å². The lowest BCUT2D eigenvalue weighted by molar-refractivity contribution is 0.00989. The maximum absolute atomic E-state index is 5.95. The second-order valence-electron chi connectivity index (χ2n) is 7.30. The zero-order valence-corrected chi connectivity index (χ0v) is 16.8. The second-order valence-corrected chi connectivity index (χ2v) is 7.30. The van der Waals surface area contributed by atoms with Crippen LogP contribution in [0.5, 0.6) is 0 Å². The second kappa shape index (κ2) is 10.6. The zero-order valence-electron chi connectivity index (χ0n) is 16.8. The van der Waals surface area contributed by atoms with Crippen LogP contribution in [0, 0.1) is 0 Å². The maximum Gasteiger partial charge on any atom is 0.194 e. The predicted molar refractivity (Wildman–Crippen MR) is 105 cm³/mol. The van der Waals surface area contributed by atoms with Crippen molar-refractivity contribution in [3.63, 3.8) is 0 Å². The number of aliphatic imine (C=N–C) groups is 1. The van der Waals surface area contributed by atoms with Crippen LogP contribution in [0.25, 0.3) is 0 Å². The van der Waals surface area contributed by atoms with Crippen molar-refractivity contribution in [2.45, 2.75) is 64.1 Å². The molecule has 2 aliphatic rings. The van der Waals surface area contributed by atoms with E-state index in [1.807, 2.05) is 7.05 Å². The highest BCUT2D eigenvalue weighted by molar-refractivity contribution is 5.79. The van der Waals surface area contributed by atoms with Gasteiger partial charge in [-0.3, -0.25) is 4.99 Å². The van der Waals surface area contributed by atoms with Gasteiger partial charge >= 0.3 is 0 Å². The van der Waals surface area contributed by atoms with Crippen LogP contribution >= 0.6 is 0 Å². The van der Waals surface area contributed by atoms with Crippen LogP contribution in [0.4, 0.5) is 0 Å². The molecule has 0 unspecified atom stereocenters. The number of fused-ring (bicyclic) bond motifs is 1. The first-order valence-corrected chi connectivity index (χ1v) is 10.3. The van der Waals surface area contributed by atoms with Gasteiger partial charge in [0.2, 0.25) is 0 Å². The molecule has 2 aliphatic heterocycles. The van der Waals surface area contributed by atoms with Crippen molar-refractivity contribution in [3.8, 4) is 0 Å². The Morgan fingerprint density at radius 1 is 1.15 bits per heavy atom. The molecule has 0 aromatic carbocycles. The average Bonchev–Trinajstić information content (AvgIpc) is 2.93. The number of guanidine groups is 1. The van der Waals surface area contributed by atoms with Gasteiger partial charge in [0, 0.05) is 53.4 Å². The van der Waals surface area contributed by atoms with Gasteiger partial charge in [-0.05, 0) is 32.1 Å². The summed E-state index contributed by atoms with van der Waals surface area (Å²) in [6, 6.07) is 0. The van der Waals surface area contributed by atoms with Crippen LogP contribution in [-0.4, -0.2) is 72.2 Å². The Hall–Kier alpha value is -1.67. The number of nitrogens with one attached hydrogen (secondary N) is 1. The predicted octanol–water partition coefficient (Wildman–Crippen LogP) is 1.60. The lowest BCUT2D eigenvalue weighted by Crippen LogP contribution is -2.47. The minimum atomic E-state index is 0.350. The Labute approximate surface area is 162 Å². The summed E-state index contributed by atoms with van der Waals surface area (Å²) in [6.45, 7) is 5.18. The molecule has 152 valence electrons. The number of nitrogens with zero attached hydrogens (tertiary/aromatic N) is 5. The minimum Gasteiger partial charge on any atom is -0.385 e. The molecular formula is C19H34N6O2. The molecule has 1 N–H and O–H groups in total. The number of aromatic nitrogens is 3. The van der Waals surface area contributed by atoms with Crippen molar-refractivity contribution < 1.29 is 9.47 Å². The first kappa shape index (κ1) is 20.1. The van der Waals surface area contributed by atoms with Gasteiger partial charge in [-0.2, -0.15) is 0 Å². The summed E-state index contributed by atoms with van der Waals surface area (Å²) in [7, 11) is 3.58. The maximum atomic E-state index is 5.95. The fourth-order valence-corrected chi connectivity index (χ4v) is 3.85. The lowest BCUT2D eigenvalue weighted by atomic mass is 10.1. The standard InChI is InChI=1S/C19H34N6O2/c1-20-19(24-11-8-16(9-12-24)27-14-6-13-26-2)21-15-18-23-22-17-7-4-3-5-10-25(17)18/h16H,3-15H2,1-2H3,(H,20,21). The molecular weight excluding hydrogens is 344 g/mol. The number of ether oxygens (including phenoxy) is 2. The molecule has 0 atom stereocenters. The molecule has 1 saturated heterocycles. The normalized spacial score (nSPS) is 19.0. The first-order chi connectivity index (χ1) is 13.3. The molecule has 1 aromatic rings. The summed E-state index contributed by atoms with van der Waals surface area (Å²) in [4.78, 5) is 6.78. The summed E-state index contributed by atoms with van der Waals surface area (Å²) in [5.74, 6) is 3.09. The molecule has 0 bridgehead atoms. The number of rotatable bonds is 7. The van der Waals surface area contributed by atoms with E-state index in [4.69, 9.17) is 9.47 Å². The number of likely N-dealkylation sites (tertiary alicyclic amines) is 1. The van der Waals surface area contributed by atoms with Crippen molar-refractivity contribution in [1.82, 2.24) is 25.0 Å². The van der Waals surface area contributed by atoms with E-state index in [0.717, 1.165) is 76.1 Å². The minimum absolute atomic E-state index is 0.350. The quantitative estimate of drug-likeness (QED) is 0.441. The van der Waals surface area contributed by atoms with E-state index in [1.54, 1.807) is 7.11 Å². The number of hydrogen-bond acceptors (Lipinski definition) is 5. The number of hydrogen-bond donors (Lipinski definition) is 1. The summed E-state index contributed by atoms with van der Waals surface area (Å²) in [5, 5.41) is 12.3. The Balaban J connectivity index is 1.44. The zero-order chi connectivity index (χ0) is 18.9. The number of aryl methyl sites for hydroxylation is 1. The van der Waals surface area contributed by atoms with Gasteiger partial charge in [0.25, 0.3) is 0 Å². The van der Waals surface area contributed by atoms with Crippen molar-refractivity contribution in [2.24, 2.45) is 4.99 Å². The Kier molecular flexibility index (Phi) is 7.89. The van der Waals surface area contributed by atoms with Gasteiger partial charge in [-0.1, -0.05) is 6.42 Å². The van der Waals surface area contributed by atoms with Crippen LogP contribution < -0.4 is 5.32 Å². The molecule has 0 amide bonds. The van der Waals surface area contributed by atoms with Gasteiger partial charge in [0.1, 0.15) is 5.82 Å². The van der Waals surface area contributed by atoms with Crippen LogP contribution in [0.3, 0.4) is 0 Å². The summed E-state index contributed by atoms with van der Waals surface area (Å²) in [6.07, 6.45) is 8.13. The molecule has 3 heterocycles. The topological polar surface area (TPSA) is 76.8 Å². The third kappa shape index (κ3) is 5.65. The Morgan fingerprint density at radius 3 is 2.78 bits per heavy atom. The molecule has 0 spiro atoms. The van der Waals surface area contributed by atoms with E-state index < -0.39 is 0 Å². The van der Waals surface area contributed by atoms with Gasteiger partial charge in [-0.15, -0.1) is 10.2 Å². The Morgan fingerprint density at radius 2 is 2.00 bits per heavy atom. The van der Waals surface area contributed by atoms with Gasteiger partial charge in [0.05, 0.1) is 12.6 Å². The van der Waals surface area contributed by atoms with Crippen LogP contribution in [0.2, 0.25) is 0 Å². The van der Waals surface area contributed by atoms with Crippen molar-refractivity contribution in [2.75, 3.05) is 40.5 Å². The van der Waals surface area contributed by atoms with E-state index in [1.165, 1.54) is 19.3 Å². The van der Waals surface area contributed by atoms with E-state index in [-0.39, 0.29) is 0 Å². The highest BCUT2D eigenvalue weighted by Crippen LogP contribution is 2.16. The SMILES string of the molecule is CN=C(NCc1nnc2n1CCCCC2)N1CCC(OCCCOC)CC1. The highest BCUT2D eigenvalue weighted by Gasteiger charge is 2.22. The lowest BCUT2D eigenvalue weighted by Gasteiger charge is -2.34. The van der Waals surface area contributed by atoms with Crippen LogP contribution in [0.15, 0.2) is 4.99 Å². The summed E-state index contributed by atoms with van der Waals surface area (Å²) in [5.41, 5.74) is 0.